The van der Waals surface area contributed by atoms with Crippen LogP contribution in [0.1, 0.15) is 44.0 Å². The molecule has 21 heavy (non-hydrogen) atoms. The second-order valence-corrected chi connectivity index (χ2v) is 5.38. The Labute approximate surface area is 129 Å². The summed E-state index contributed by atoms with van der Waals surface area (Å²) >= 11 is 0. The van der Waals surface area contributed by atoms with E-state index in [1.807, 2.05) is 6.92 Å². The maximum Gasteiger partial charge on any atom is 0.156 e. The third-order valence-corrected chi connectivity index (χ3v) is 4.24. The summed E-state index contributed by atoms with van der Waals surface area (Å²) in [6.45, 7) is 16.4. The summed E-state index contributed by atoms with van der Waals surface area (Å²) in [5.41, 5.74) is 9.20. The van der Waals surface area contributed by atoms with Crippen LogP contribution in [0.5, 0.6) is 0 Å². The average Bonchev–Trinajstić information content (AvgIpc) is 2.50. The highest BCUT2D eigenvalue weighted by Gasteiger charge is 2.15. The Hall–Kier alpha value is -1.20. The van der Waals surface area contributed by atoms with Gasteiger partial charge in [-0.25, -0.2) is 0 Å². The van der Waals surface area contributed by atoms with Crippen LogP contribution in [0.4, 0.5) is 5.82 Å². The third kappa shape index (κ3) is 4.64. The molecule has 0 fully saturated rings. The minimum absolute atomic E-state index is 0.518. The summed E-state index contributed by atoms with van der Waals surface area (Å²) in [4.78, 5) is 4.74. The van der Waals surface area contributed by atoms with Crippen molar-refractivity contribution < 1.29 is 0 Å². The molecule has 5 nitrogen and oxygen atoms in total. The van der Waals surface area contributed by atoms with Gasteiger partial charge in [0.05, 0.1) is 5.69 Å². The van der Waals surface area contributed by atoms with Crippen LogP contribution in [0.25, 0.3) is 0 Å². The Kier molecular flexibility index (Phi) is 7.61. The molecule has 120 valence electrons. The zero-order valence-electron chi connectivity index (χ0n) is 14.3. The fourth-order valence-corrected chi connectivity index (χ4v) is 2.58. The quantitative estimate of drug-likeness (QED) is 0.755. The van der Waals surface area contributed by atoms with Crippen LogP contribution in [0.3, 0.4) is 0 Å². The molecule has 0 saturated heterocycles. The summed E-state index contributed by atoms with van der Waals surface area (Å²) in [6.07, 6.45) is 1.13. The van der Waals surface area contributed by atoms with Crippen molar-refractivity contribution in [3.8, 4) is 0 Å². The zero-order valence-corrected chi connectivity index (χ0v) is 14.3. The summed E-state index contributed by atoms with van der Waals surface area (Å²) in [6, 6.07) is 0. The van der Waals surface area contributed by atoms with Gasteiger partial charge in [-0.05, 0) is 52.4 Å². The van der Waals surface area contributed by atoms with Crippen LogP contribution in [0.15, 0.2) is 0 Å². The first-order valence-electron chi connectivity index (χ1n) is 8.09. The van der Waals surface area contributed by atoms with Gasteiger partial charge >= 0.3 is 0 Å². The van der Waals surface area contributed by atoms with Gasteiger partial charge in [0.2, 0.25) is 0 Å². The Morgan fingerprint density at radius 2 is 1.62 bits per heavy atom. The van der Waals surface area contributed by atoms with Crippen molar-refractivity contribution in [2.75, 3.05) is 37.6 Å². The Bertz CT molecular complexity index is 429. The normalized spacial score (nSPS) is 11.2. The molecular weight excluding hydrogens is 262 g/mol. The number of anilines is 1. The largest absolute Gasteiger partial charge is 0.355 e. The van der Waals surface area contributed by atoms with Gasteiger partial charge in [-0.2, -0.15) is 5.10 Å². The highest BCUT2D eigenvalue weighted by Crippen LogP contribution is 2.21. The molecule has 1 aromatic heterocycles. The maximum absolute atomic E-state index is 5.93. The molecule has 0 aliphatic heterocycles. The number of rotatable bonds is 9. The fourth-order valence-electron chi connectivity index (χ4n) is 2.58. The lowest BCUT2D eigenvalue weighted by atomic mass is 10.1. The molecule has 0 atom stereocenters. The number of hydrogen-bond acceptors (Lipinski definition) is 5. The van der Waals surface area contributed by atoms with Crippen LogP contribution in [0.2, 0.25) is 0 Å². The topological polar surface area (TPSA) is 58.3 Å². The number of nitrogens with zero attached hydrogens (tertiary/aromatic N) is 4. The van der Waals surface area contributed by atoms with E-state index in [4.69, 9.17) is 5.73 Å². The first-order chi connectivity index (χ1) is 10.1. The van der Waals surface area contributed by atoms with E-state index in [0.717, 1.165) is 56.2 Å². The average molecular weight is 293 g/mol. The minimum Gasteiger partial charge on any atom is -0.355 e. The predicted octanol–water partition coefficient (Wildman–Crippen LogP) is 2.11. The van der Waals surface area contributed by atoms with Crippen LogP contribution < -0.4 is 10.6 Å². The Morgan fingerprint density at radius 3 is 2.14 bits per heavy atom. The highest BCUT2D eigenvalue weighted by molar-refractivity contribution is 5.50. The molecule has 0 amide bonds. The zero-order chi connectivity index (χ0) is 15.8. The van der Waals surface area contributed by atoms with Crippen molar-refractivity contribution in [2.24, 2.45) is 5.73 Å². The first kappa shape index (κ1) is 17.9. The molecule has 0 radical (unpaired) electrons. The van der Waals surface area contributed by atoms with Crippen molar-refractivity contribution in [1.29, 1.82) is 0 Å². The predicted molar refractivity (Wildman–Crippen MR) is 89.7 cm³/mol. The third-order valence-electron chi connectivity index (χ3n) is 4.24. The standard InChI is InChI=1S/C16H31N5/c1-6-20(7-2)10-9-11-21(8-3)16-15(12-17)13(4)14(5)18-19-16/h6-12,17H2,1-5H3. The van der Waals surface area contributed by atoms with E-state index in [0.29, 0.717) is 6.54 Å². The summed E-state index contributed by atoms with van der Waals surface area (Å²) in [5, 5.41) is 8.68. The van der Waals surface area contributed by atoms with E-state index in [1.165, 1.54) is 5.56 Å². The minimum atomic E-state index is 0.518. The number of aromatic nitrogens is 2. The number of nitrogens with two attached hydrogens (primary N) is 1. The highest BCUT2D eigenvalue weighted by atomic mass is 15.3. The SMILES string of the molecule is CCN(CC)CCCN(CC)c1nnc(C)c(C)c1CN. The second kappa shape index (κ2) is 8.95. The number of hydrogen-bond donors (Lipinski definition) is 1. The van der Waals surface area contributed by atoms with Gasteiger partial charge in [0.25, 0.3) is 0 Å². The van der Waals surface area contributed by atoms with Gasteiger partial charge in [-0.3, -0.25) is 0 Å². The van der Waals surface area contributed by atoms with Gasteiger partial charge in [0, 0.05) is 25.2 Å². The monoisotopic (exact) mass is 293 g/mol. The van der Waals surface area contributed by atoms with E-state index in [9.17, 15) is 0 Å². The second-order valence-electron chi connectivity index (χ2n) is 5.38. The summed E-state index contributed by atoms with van der Waals surface area (Å²) in [5.74, 6) is 0.961. The van der Waals surface area contributed by atoms with E-state index >= 15 is 0 Å². The smallest absolute Gasteiger partial charge is 0.156 e. The van der Waals surface area contributed by atoms with Crippen molar-refractivity contribution >= 4 is 5.82 Å². The van der Waals surface area contributed by atoms with Crippen molar-refractivity contribution in [3.63, 3.8) is 0 Å². The van der Waals surface area contributed by atoms with E-state index in [-0.39, 0.29) is 0 Å². The molecule has 2 N–H and O–H groups in total. The van der Waals surface area contributed by atoms with Crippen LogP contribution in [-0.2, 0) is 6.54 Å². The van der Waals surface area contributed by atoms with E-state index in [2.05, 4.69) is 47.7 Å². The molecule has 0 aromatic carbocycles. The maximum atomic E-state index is 5.93. The molecule has 0 unspecified atom stereocenters. The molecule has 0 aliphatic carbocycles. The summed E-state index contributed by atoms with van der Waals surface area (Å²) < 4.78 is 0. The molecule has 5 heteroatoms. The van der Waals surface area contributed by atoms with Crippen LogP contribution in [-0.4, -0.2) is 47.8 Å². The Morgan fingerprint density at radius 1 is 0.952 bits per heavy atom. The molecule has 1 aromatic rings. The molecule has 0 spiro atoms. The molecule has 0 saturated carbocycles. The van der Waals surface area contributed by atoms with Gasteiger partial charge in [-0.15, -0.1) is 5.10 Å². The summed E-state index contributed by atoms with van der Waals surface area (Å²) in [7, 11) is 0. The van der Waals surface area contributed by atoms with E-state index in [1.54, 1.807) is 0 Å². The van der Waals surface area contributed by atoms with E-state index < -0.39 is 0 Å². The van der Waals surface area contributed by atoms with Gasteiger partial charge in [-0.1, -0.05) is 13.8 Å². The fraction of sp³-hybridized carbons (Fsp3) is 0.750. The Balaban J connectivity index is 2.79. The van der Waals surface area contributed by atoms with Gasteiger partial charge in [0.15, 0.2) is 5.82 Å². The lowest BCUT2D eigenvalue weighted by Crippen LogP contribution is -2.31. The van der Waals surface area contributed by atoms with Crippen molar-refractivity contribution in [1.82, 2.24) is 15.1 Å². The molecule has 0 bridgehead atoms. The van der Waals surface area contributed by atoms with Gasteiger partial charge < -0.3 is 15.5 Å². The lowest BCUT2D eigenvalue weighted by Gasteiger charge is -2.26. The van der Waals surface area contributed by atoms with Gasteiger partial charge in [0.1, 0.15) is 0 Å². The van der Waals surface area contributed by atoms with Crippen molar-refractivity contribution in [2.45, 2.75) is 47.6 Å². The van der Waals surface area contributed by atoms with Crippen molar-refractivity contribution in [3.05, 3.63) is 16.8 Å². The molecule has 1 rings (SSSR count). The van der Waals surface area contributed by atoms with Crippen LogP contribution in [0, 0.1) is 13.8 Å². The molecule has 0 aliphatic rings. The molecular formula is C16H31N5. The van der Waals surface area contributed by atoms with Crippen LogP contribution >= 0.6 is 0 Å². The molecule has 1 heterocycles. The number of aryl methyl sites for hydroxylation is 1. The lowest BCUT2D eigenvalue weighted by molar-refractivity contribution is 0.300. The first-order valence-corrected chi connectivity index (χ1v) is 8.09.